The van der Waals surface area contributed by atoms with Gasteiger partial charge in [0.1, 0.15) is 5.82 Å². The molecule has 2 amide bonds. The topological polar surface area (TPSA) is 96.1 Å². The van der Waals surface area contributed by atoms with Crippen molar-refractivity contribution < 1.29 is 13.9 Å². The van der Waals surface area contributed by atoms with Crippen molar-refractivity contribution in [3.05, 3.63) is 75.0 Å². The van der Waals surface area contributed by atoms with E-state index in [1.165, 1.54) is 31.4 Å². The third-order valence-electron chi connectivity index (χ3n) is 7.06. The molecule has 7 nitrogen and oxygen atoms in total. The van der Waals surface area contributed by atoms with Gasteiger partial charge in [0.05, 0.1) is 17.3 Å². The molecule has 36 heavy (non-hydrogen) atoms. The SMILES string of the molecule is CC1CC(NC(=O)Nc2cc(Cl)c(-c3ccc(OCC4CCC4)nc3)cc2F)Cc2cc(=O)[nH]cc21. The molecule has 188 valence electrons. The molecule has 3 aromatic rings. The minimum Gasteiger partial charge on any atom is -0.477 e. The van der Waals surface area contributed by atoms with E-state index in [1.807, 2.05) is 6.92 Å². The van der Waals surface area contributed by atoms with Crippen LogP contribution in [0.4, 0.5) is 14.9 Å². The number of nitrogens with one attached hydrogen (secondary N) is 3. The van der Waals surface area contributed by atoms with Crippen LogP contribution in [0.3, 0.4) is 0 Å². The van der Waals surface area contributed by atoms with Gasteiger partial charge in [-0.15, -0.1) is 0 Å². The van der Waals surface area contributed by atoms with Crippen LogP contribution in [0.1, 0.15) is 49.7 Å². The number of H-pyrrole nitrogens is 1. The first-order valence-electron chi connectivity index (χ1n) is 12.2. The summed E-state index contributed by atoms with van der Waals surface area (Å²) < 4.78 is 20.6. The predicted octanol–water partition coefficient (Wildman–Crippen LogP) is 5.65. The zero-order valence-electron chi connectivity index (χ0n) is 19.9. The van der Waals surface area contributed by atoms with Crippen LogP contribution < -0.4 is 20.9 Å². The van der Waals surface area contributed by atoms with Crippen LogP contribution in [0.25, 0.3) is 11.1 Å². The summed E-state index contributed by atoms with van der Waals surface area (Å²) in [5, 5.41) is 5.74. The molecule has 2 aliphatic rings. The maximum Gasteiger partial charge on any atom is 0.319 e. The summed E-state index contributed by atoms with van der Waals surface area (Å²) in [4.78, 5) is 31.3. The van der Waals surface area contributed by atoms with Crippen molar-refractivity contribution in [2.45, 2.75) is 51.0 Å². The molecule has 2 heterocycles. The summed E-state index contributed by atoms with van der Waals surface area (Å²) in [6.07, 6.45) is 8.23. The number of hydrogen-bond donors (Lipinski definition) is 3. The minimum atomic E-state index is -0.608. The number of ether oxygens (including phenoxy) is 1. The number of halogens is 2. The predicted molar refractivity (Wildman–Crippen MR) is 137 cm³/mol. The Morgan fingerprint density at radius 1 is 1.28 bits per heavy atom. The molecule has 9 heteroatoms. The van der Waals surface area contributed by atoms with E-state index in [-0.39, 0.29) is 28.2 Å². The van der Waals surface area contributed by atoms with Gasteiger partial charge in [-0.25, -0.2) is 14.2 Å². The molecule has 5 rings (SSSR count). The Morgan fingerprint density at radius 2 is 2.11 bits per heavy atom. The van der Waals surface area contributed by atoms with Crippen molar-refractivity contribution in [3.63, 3.8) is 0 Å². The Kier molecular flexibility index (Phi) is 6.96. The highest BCUT2D eigenvalue weighted by Gasteiger charge is 2.26. The number of carbonyl (C=O) groups is 1. The van der Waals surface area contributed by atoms with Gasteiger partial charge in [-0.1, -0.05) is 24.9 Å². The first-order valence-corrected chi connectivity index (χ1v) is 12.6. The van der Waals surface area contributed by atoms with Crippen LogP contribution in [0.2, 0.25) is 5.02 Å². The van der Waals surface area contributed by atoms with Crippen LogP contribution in [-0.4, -0.2) is 28.6 Å². The quantitative estimate of drug-likeness (QED) is 0.399. The number of anilines is 1. The number of rotatable bonds is 6. The van der Waals surface area contributed by atoms with Gasteiger partial charge in [-0.3, -0.25) is 4.79 Å². The second-order valence-electron chi connectivity index (χ2n) is 9.72. The highest BCUT2D eigenvalue weighted by atomic mass is 35.5. The molecule has 1 aromatic carbocycles. The number of aromatic amines is 1. The van der Waals surface area contributed by atoms with Crippen LogP contribution in [-0.2, 0) is 6.42 Å². The molecule has 0 radical (unpaired) electrons. The second kappa shape index (κ2) is 10.3. The van der Waals surface area contributed by atoms with Crippen LogP contribution in [0, 0.1) is 11.7 Å². The molecule has 0 bridgehead atoms. The maximum atomic E-state index is 14.9. The van der Waals surface area contributed by atoms with Gasteiger partial charge in [0.2, 0.25) is 11.4 Å². The number of pyridine rings is 2. The Balaban J connectivity index is 1.22. The average Bonchev–Trinajstić information content (AvgIpc) is 2.80. The second-order valence-corrected chi connectivity index (χ2v) is 10.1. The summed E-state index contributed by atoms with van der Waals surface area (Å²) in [6, 6.07) is 7.08. The van der Waals surface area contributed by atoms with E-state index in [0.29, 0.717) is 42.4 Å². The highest BCUT2D eigenvalue weighted by Crippen LogP contribution is 2.34. The minimum absolute atomic E-state index is 0.0182. The van der Waals surface area contributed by atoms with E-state index in [0.717, 1.165) is 11.1 Å². The fraction of sp³-hybridized carbons (Fsp3) is 0.370. The van der Waals surface area contributed by atoms with Crippen LogP contribution >= 0.6 is 11.6 Å². The summed E-state index contributed by atoms with van der Waals surface area (Å²) in [5.41, 5.74) is 2.92. The van der Waals surface area contributed by atoms with Gasteiger partial charge in [0.25, 0.3) is 0 Å². The van der Waals surface area contributed by atoms with Crippen LogP contribution in [0.5, 0.6) is 5.88 Å². The van der Waals surface area contributed by atoms with Crippen molar-refractivity contribution in [1.29, 1.82) is 0 Å². The smallest absolute Gasteiger partial charge is 0.319 e. The van der Waals surface area contributed by atoms with Gasteiger partial charge in [0, 0.05) is 41.7 Å². The lowest BCUT2D eigenvalue weighted by molar-refractivity contribution is 0.175. The summed E-state index contributed by atoms with van der Waals surface area (Å²) in [6.45, 7) is 2.71. The van der Waals surface area contributed by atoms with E-state index in [2.05, 4.69) is 20.6 Å². The lowest BCUT2D eigenvalue weighted by Gasteiger charge is -2.29. The standard InChI is InChI=1S/C27H28ClFN4O3/c1-15-7-19(8-18-9-25(34)30-13-21(15)18)32-27(35)33-24-11-22(28)20(10-23(24)29)17-5-6-26(31-12-17)36-14-16-3-2-4-16/h5-6,9-13,15-16,19H,2-4,7-8,14H2,1H3,(H,30,34)(H2,32,33,35). The van der Waals surface area contributed by atoms with Gasteiger partial charge in [-0.05, 0) is 66.8 Å². The van der Waals surface area contributed by atoms with Gasteiger partial charge in [-0.2, -0.15) is 0 Å². The number of carbonyl (C=O) groups excluding carboxylic acids is 1. The van der Waals surface area contributed by atoms with Gasteiger partial charge < -0.3 is 20.4 Å². The molecular weight excluding hydrogens is 483 g/mol. The third-order valence-corrected chi connectivity index (χ3v) is 7.37. The fourth-order valence-corrected chi connectivity index (χ4v) is 5.14. The maximum absolute atomic E-state index is 14.9. The van der Waals surface area contributed by atoms with E-state index in [1.54, 1.807) is 30.6 Å². The lowest BCUT2D eigenvalue weighted by atomic mass is 9.82. The molecular formula is C27H28ClFN4O3. The Hall–Kier alpha value is -3.39. The molecule has 2 aromatic heterocycles. The summed E-state index contributed by atoms with van der Waals surface area (Å²) >= 11 is 6.44. The Morgan fingerprint density at radius 3 is 2.83 bits per heavy atom. The van der Waals surface area contributed by atoms with Crippen molar-refractivity contribution >= 4 is 23.3 Å². The zero-order chi connectivity index (χ0) is 25.2. The van der Waals surface area contributed by atoms with E-state index in [4.69, 9.17) is 16.3 Å². The largest absolute Gasteiger partial charge is 0.477 e. The molecule has 2 unspecified atom stereocenters. The molecule has 0 spiro atoms. The first kappa shape index (κ1) is 24.3. The third kappa shape index (κ3) is 5.38. The van der Waals surface area contributed by atoms with Crippen molar-refractivity contribution in [2.75, 3.05) is 11.9 Å². The first-order chi connectivity index (χ1) is 17.4. The lowest BCUT2D eigenvalue weighted by Crippen LogP contribution is -2.42. The number of amides is 2. The number of fused-ring (bicyclic) bond motifs is 1. The molecule has 2 atom stereocenters. The molecule has 1 saturated carbocycles. The van der Waals surface area contributed by atoms with Crippen molar-refractivity contribution in [3.8, 4) is 17.0 Å². The normalized spacial score (nSPS) is 19.2. The number of benzene rings is 1. The average molecular weight is 511 g/mol. The van der Waals surface area contributed by atoms with Crippen LogP contribution in [0.15, 0.2) is 47.5 Å². The summed E-state index contributed by atoms with van der Waals surface area (Å²) in [5.74, 6) is 0.698. The molecule has 3 N–H and O–H groups in total. The van der Waals surface area contributed by atoms with E-state index in [9.17, 15) is 14.0 Å². The molecule has 0 aliphatic heterocycles. The van der Waals surface area contributed by atoms with Crippen molar-refractivity contribution in [1.82, 2.24) is 15.3 Å². The number of nitrogens with zero attached hydrogens (tertiary/aromatic N) is 1. The highest BCUT2D eigenvalue weighted by molar-refractivity contribution is 6.33. The number of urea groups is 1. The molecule has 0 saturated heterocycles. The molecule has 2 aliphatic carbocycles. The van der Waals surface area contributed by atoms with E-state index < -0.39 is 11.8 Å². The monoisotopic (exact) mass is 510 g/mol. The number of hydrogen-bond acceptors (Lipinski definition) is 4. The van der Waals surface area contributed by atoms with E-state index >= 15 is 0 Å². The van der Waals surface area contributed by atoms with Gasteiger partial charge in [0.15, 0.2) is 0 Å². The Labute approximate surface area is 213 Å². The Bertz CT molecular complexity index is 1320. The fourth-order valence-electron chi connectivity index (χ4n) is 4.87. The van der Waals surface area contributed by atoms with Crippen molar-refractivity contribution in [2.24, 2.45) is 5.92 Å². The zero-order valence-corrected chi connectivity index (χ0v) is 20.7. The molecule has 1 fully saturated rings. The summed E-state index contributed by atoms with van der Waals surface area (Å²) in [7, 11) is 0. The number of aromatic nitrogens is 2. The van der Waals surface area contributed by atoms with Gasteiger partial charge >= 0.3 is 6.03 Å².